The molecule has 3 aromatic rings. The van der Waals surface area contributed by atoms with E-state index in [1.807, 2.05) is 61.9 Å². The van der Waals surface area contributed by atoms with Gasteiger partial charge in [-0.1, -0.05) is 30.3 Å². The molecule has 0 N–H and O–H groups in total. The summed E-state index contributed by atoms with van der Waals surface area (Å²) in [6, 6.07) is 13.8. The summed E-state index contributed by atoms with van der Waals surface area (Å²) in [6.07, 6.45) is 3.15. The largest absolute Gasteiger partial charge is 0.465 e. The first kappa shape index (κ1) is 21.9. The minimum Gasteiger partial charge on any atom is -0.465 e. The summed E-state index contributed by atoms with van der Waals surface area (Å²) in [5.74, 6) is -0.397. The summed E-state index contributed by atoms with van der Waals surface area (Å²) < 4.78 is 12.5. The Morgan fingerprint density at radius 2 is 1.84 bits per heavy atom. The molecule has 7 nitrogen and oxygen atoms in total. The Labute approximate surface area is 187 Å². The van der Waals surface area contributed by atoms with Crippen molar-refractivity contribution in [2.24, 2.45) is 0 Å². The quantitative estimate of drug-likeness (QED) is 0.538. The molecule has 1 unspecified atom stereocenters. The first-order valence-corrected chi connectivity index (χ1v) is 10.9. The van der Waals surface area contributed by atoms with Crippen molar-refractivity contribution in [1.82, 2.24) is 14.7 Å². The lowest BCUT2D eigenvalue weighted by molar-refractivity contribution is 0.0169. The number of ether oxygens (including phenoxy) is 2. The van der Waals surface area contributed by atoms with Crippen LogP contribution in [0.15, 0.2) is 48.7 Å². The molecule has 2 aromatic carbocycles. The fraction of sp³-hybridized carbons (Fsp3) is 0.400. The second-order valence-electron chi connectivity index (χ2n) is 9.13. The first-order valence-electron chi connectivity index (χ1n) is 10.9. The minimum absolute atomic E-state index is 0.00899. The van der Waals surface area contributed by atoms with Crippen LogP contribution in [0.25, 0.3) is 22.0 Å². The Morgan fingerprint density at radius 3 is 2.53 bits per heavy atom. The molecule has 1 amide bonds. The molecular weight excluding hydrogens is 406 g/mol. The van der Waals surface area contributed by atoms with E-state index in [9.17, 15) is 9.59 Å². The second kappa shape index (κ2) is 8.65. The van der Waals surface area contributed by atoms with Crippen LogP contribution in [0.5, 0.6) is 0 Å². The molecule has 7 heteroatoms. The van der Waals surface area contributed by atoms with Crippen molar-refractivity contribution in [2.45, 2.75) is 45.3 Å². The highest BCUT2D eigenvalue weighted by Crippen LogP contribution is 2.32. The molecule has 0 saturated carbocycles. The van der Waals surface area contributed by atoms with Gasteiger partial charge in [0.1, 0.15) is 5.60 Å². The predicted octanol–water partition coefficient (Wildman–Crippen LogP) is 5.06. The number of amides is 1. The number of aromatic nitrogens is 2. The van der Waals surface area contributed by atoms with Gasteiger partial charge < -0.3 is 14.4 Å². The molecule has 1 aromatic heterocycles. The lowest BCUT2D eigenvalue weighted by Gasteiger charge is -2.34. The molecule has 0 spiro atoms. The third-order valence-corrected chi connectivity index (χ3v) is 5.62. The number of esters is 1. The number of piperidine rings is 1. The van der Waals surface area contributed by atoms with Crippen LogP contribution in [-0.2, 0) is 9.47 Å². The van der Waals surface area contributed by atoms with Crippen LogP contribution in [0.2, 0.25) is 0 Å². The van der Waals surface area contributed by atoms with Crippen molar-refractivity contribution in [1.29, 1.82) is 0 Å². The summed E-state index contributed by atoms with van der Waals surface area (Å²) in [5, 5.41) is 5.37. The predicted molar refractivity (Wildman–Crippen MR) is 123 cm³/mol. The molecule has 1 saturated heterocycles. The third-order valence-electron chi connectivity index (χ3n) is 5.62. The fourth-order valence-corrected chi connectivity index (χ4v) is 4.16. The van der Waals surface area contributed by atoms with E-state index in [1.165, 1.54) is 7.11 Å². The summed E-state index contributed by atoms with van der Waals surface area (Å²) in [7, 11) is 1.38. The van der Waals surface area contributed by atoms with E-state index in [4.69, 9.17) is 9.47 Å². The normalized spacial score (nSPS) is 16.8. The Hall–Kier alpha value is -3.35. The van der Waals surface area contributed by atoms with Gasteiger partial charge in [-0.15, -0.1) is 0 Å². The van der Waals surface area contributed by atoms with Gasteiger partial charge in [-0.2, -0.15) is 5.10 Å². The molecule has 1 atom stereocenters. The van der Waals surface area contributed by atoms with Gasteiger partial charge >= 0.3 is 12.1 Å². The minimum atomic E-state index is -0.539. The van der Waals surface area contributed by atoms with E-state index in [2.05, 4.69) is 11.2 Å². The maximum Gasteiger partial charge on any atom is 0.410 e. The number of methoxy groups -OCH3 is 1. The molecule has 0 aliphatic carbocycles. The lowest BCUT2D eigenvalue weighted by Crippen LogP contribution is -2.43. The number of fused-ring (bicyclic) bond motifs is 1. The Balaban J connectivity index is 1.73. The third kappa shape index (κ3) is 4.47. The molecule has 0 radical (unpaired) electrons. The van der Waals surface area contributed by atoms with E-state index < -0.39 is 11.6 Å². The molecule has 2 heterocycles. The van der Waals surface area contributed by atoms with E-state index in [0.29, 0.717) is 18.7 Å². The smallest absolute Gasteiger partial charge is 0.410 e. The lowest BCUT2D eigenvalue weighted by atomic mass is 9.99. The SMILES string of the molecule is COC(=O)c1cc(-c2ccccc2)cc2c1cnn2C1CCCN(C(=O)OC(C)(C)C)C1. The highest BCUT2D eigenvalue weighted by atomic mass is 16.6. The fourth-order valence-electron chi connectivity index (χ4n) is 4.16. The van der Waals surface area contributed by atoms with Gasteiger partial charge in [0.2, 0.25) is 0 Å². The zero-order chi connectivity index (χ0) is 22.9. The van der Waals surface area contributed by atoms with E-state index in [-0.39, 0.29) is 12.1 Å². The van der Waals surface area contributed by atoms with Crippen molar-refractivity contribution in [3.05, 3.63) is 54.2 Å². The number of benzene rings is 2. The Morgan fingerprint density at radius 1 is 1.09 bits per heavy atom. The van der Waals surface area contributed by atoms with Crippen molar-refractivity contribution < 1.29 is 19.1 Å². The molecule has 168 valence electrons. The maximum absolute atomic E-state index is 12.6. The standard InChI is InChI=1S/C25H29N3O4/c1-25(2,3)32-24(30)27-12-8-11-19(16-27)28-22-14-18(17-9-6-5-7-10-17)13-20(23(29)31-4)21(22)15-26-28/h5-7,9-10,13-15,19H,8,11-12,16H2,1-4H3. The Kier molecular flexibility index (Phi) is 5.91. The van der Waals surface area contributed by atoms with Crippen LogP contribution in [0, 0.1) is 0 Å². The van der Waals surface area contributed by atoms with Gasteiger partial charge in [-0.05, 0) is 56.9 Å². The zero-order valence-electron chi connectivity index (χ0n) is 19.0. The monoisotopic (exact) mass is 435 g/mol. The molecule has 1 fully saturated rings. The van der Waals surface area contributed by atoms with Crippen LogP contribution in [0.1, 0.15) is 50.0 Å². The second-order valence-corrected chi connectivity index (χ2v) is 9.13. The molecule has 0 bridgehead atoms. The molecular formula is C25H29N3O4. The molecule has 1 aliphatic rings. The van der Waals surface area contributed by atoms with Crippen LogP contribution < -0.4 is 0 Å². The number of likely N-dealkylation sites (tertiary alicyclic amines) is 1. The summed E-state index contributed by atoms with van der Waals surface area (Å²) in [6.45, 7) is 6.77. The van der Waals surface area contributed by atoms with Crippen LogP contribution in [-0.4, -0.2) is 52.5 Å². The number of carbonyl (C=O) groups is 2. The van der Waals surface area contributed by atoms with E-state index in [1.54, 1.807) is 11.1 Å². The topological polar surface area (TPSA) is 73.7 Å². The van der Waals surface area contributed by atoms with Crippen LogP contribution in [0.3, 0.4) is 0 Å². The number of nitrogens with zero attached hydrogens (tertiary/aromatic N) is 3. The van der Waals surface area contributed by atoms with Gasteiger partial charge in [0, 0.05) is 18.5 Å². The Bertz CT molecular complexity index is 1130. The van der Waals surface area contributed by atoms with Crippen molar-refractivity contribution in [2.75, 3.05) is 20.2 Å². The van der Waals surface area contributed by atoms with E-state index in [0.717, 1.165) is 34.9 Å². The highest BCUT2D eigenvalue weighted by molar-refractivity contribution is 6.05. The van der Waals surface area contributed by atoms with Gasteiger partial charge in [-0.25, -0.2) is 9.59 Å². The van der Waals surface area contributed by atoms with Crippen molar-refractivity contribution >= 4 is 23.0 Å². The number of hydrogen-bond donors (Lipinski definition) is 0. The molecule has 32 heavy (non-hydrogen) atoms. The maximum atomic E-state index is 12.6. The van der Waals surface area contributed by atoms with Crippen molar-refractivity contribution in [3.63, 3.8) is 0 Å². The number of hydrogen-bond acceptors (Lipinski definition) is 5. The van der Waals surface area contributed by atoms with Crippen molar-refractivity contribution in [3.8, 4) is 11.1 Å². The average molecular weight is 436 g/mol. The summed E-state index contributed by atoms with van der Waals surface area (Å²) in [4.78, 5) is 26.9. The number of rotatable bonds is 3. The van der Waals surface area contributed by atoms with E-state index >= 15 is 0 Å². The van der Waals surface area contributed by atoms with Gasteiger partial charge in [-0.3, -0.25) is 4.68 Å². The number of carbonyl (C=O) groups excluding carboxylic acids is 2. The van der Waals surface area contributed by atoms with Crippen LogP contribution in [0.4, 0.5) is 4.79 Å². The molecule has 1 aliphatic heterocycles. The highest BCUT2D eigenvalue weighted by Gasteiger charge is 2.30. The summed E-state index contributed by atoms with van der Waals surface area (Å²) >= 11 is 0. The average Bonchev–Trinajstić information content (AvgIpc) is 3.21. The first-order chi connectivity index (χ1) is 15.3. The van der Waals surface area contributed by atoms with Gasteiger partial charge in [0.05, 0.1) is 30.4 Å². The van der Waals surface area contributed by atoms with Crippen LogP contribution >= 0.6 is 0 Å². The molecule has 4 rings (SSSR count). The summed E-state index contributed by atoms with van der Waals surface area (Å²) in [5.41, 5.74) is 2.71. The van der Waals surface area contributed by atoms with Gasteiger partial charge in [0.15, 0.2) is 0 Å². The van der Waals surface area contributed by atoms with Gasteiger partial charge in [0.25, 0.3) is 0 Å². The zero-order valence-corrected chi connectivity index (χ0v) is 19.0.